The minimum atomic E-state index is -4.16. The molecule has 41 heavy (non-hydrogen) atoms. The number of aromatic nitrogens is 1. The molecular formula is C28H30N4O8S. The minimum absolute atomic E-state index is 0.134. The Bertz CT molecular complexity index is 1510. The van der Waals surface area contributed by atoms with E-state index in [0.717, 1.165) is 5.56 Å². The molecule has 12 nitrogen and oxygen atoms in total. The number of amides is 2. The van der Waals surface area contributed by atoms with Crippen LogP contribution in [0.4, 0.5) is 0 Å². The summed E-state index contributed by atoms with van der Waals surface area (Å²) in [6.07, 6.45) is 0.695. The number of rotatable bonds is 14. The molecule has 0 aliphatic carbocycles. The maximum absolute atomic E-state index is 13.3. The number of nitrogens with one attached hydrogen (secondary N) is 2. The van der Waals surface area contributed by atoms with Gasteiger partial charge in [-0.2, -0.15) is 0 Å². The molecule has 6 N–H and O–H groups in total. The van der Waals surface area contributed by atoms with Crippen molar-refractivity contribution in [2.45, 2.75) is 36.7 Å². The maximum atomic E-state index is 13.3. The van der Waals surface area contributed by atoms with E-state index in [1.807, 2.05) is 6.07 Å². The van der Waals surface area contributed by atoms with E-state index in [-0.39, 0.29) is 17.3 Å². The molecule has 0 radical (unpaired) electrons. The van der Waals surface area contributed by atoms with Gasteiger partial charge in [0, 0.05) is 18.2 Å². The zero-order valence-corrected chi connectivity index (χ0v) is 22.6. The van der Waals surface area contributed by atoms with Crippen LogP contribution >= 0.6 is 0 Å². The molecule has 13 heteroatoms. The number of nitrogens with two attached hydrogens (primary N) is 1. The van der Waals surface area contributed by atoms with E-state index in [2.05, 4.69) is 10.3 Å². The van der Waals surface area contributed by atoms with Crippen LogP contribution in [0.1, 0.15) is 30.0 Å². The number of sulfone groups is 1. The van der Waals surface area contributed by atoms with Crippen LogP contribution in [0.2, 0.25) is 1.41 Å². The fraction of sp³-hybridized carbons (Fsp3) is 0.250. The Morgan fingerprint density at radius 3 is 2.17 bits per heavy atom. The summed E-state index contributed by atoms with van der Waals surface area (Å²) in [7, 11) is -4.16. The van der Waals surface area contributed by atoms with E-state index in [1.165, 1.54) is 12.1 Å². The van der Waals surface area contributed by atoms with Gasteiger partial charge < -0.3 is 26.6 Å². The zero-order chi connectivity index (χ0) is 30.9. The molecule has 0 fully saturated rings. The lowest BCUT2D eigenvalue weighted by Crippen LogP contribution is -2.52. The predicted molar refractivity (Wildman–Crippen MR) is 149 cm³/mol. The average Bonchev–Trinajstić information content (AvgIpc) is 2.97. The van der Waals surface area contributed by atoms with E-state index in [1.54, 1.807) is 60.8 Å². The Balaban J connectivity index is 1.83. The second-order valence-electron chi connectivity index (χ2n) is 9.18. The molecule has 1 aromatic heterocycles. The van der Waals surface area contributed by atoms with Gasteiger partial charge in [0.25, 0.3) is 0 Å². The van der Waals surface area contributed by atoms with Gasteiger partial charge in [0.1, 0.15) is 12.1 Å². The highest BCUT2D eigenvalue weighted by molar-refractivity contribution is 7.90. The third-order valence-electron chi connectivity index (χ3n) is 5.97. The lowest BCUT2D eigenvalue weighted by molar-refractivity contribution is -0.142. The number of carbonyl (C=O) groups excluding carboxylic acids is 2. The van der Waals surface area contributed by atoms with Crippen molar-refractivity contribution in [1.29, 1.82) is 0 Å². The number of carbonyl (C=O) groups is 4. The second-order valence-corrected chi connectivity index (χ2v) is 11.3. The average molecular weight is 584 g/mol. The van der Waals surface area contributed by atoms with Gasteiger partial charge in [0.15, 0.2) is 17.3 Å². The van der Waals surface area contributed by atoms with Crippen molar-refractivity contribution in [2.24, 2.45) is 5.73 Å². The van der Waals surface area contributed by atoms with Crippen molar-refractivity contribution in [3.8, 4) is 11.3 Å². The number of carboxylic acids is 2. The Kier molecular flexibility index (Phi) is 10.1. The Morgan fingerprint density at radius 2 is 1.59 bits per heavy atom. The van der Waals surface area contributed by atoms with Gasteiger partial charge in [-0.05, 0) is 29.7 Å². The Morgan fingerprint density at radius 1 is 0.927 bits per heavy atom. The van der Waals surface area contributed by atoms with E-state index in [0.29, 0.717) is 11.3 Å². The molecule has 1 heterocycles. The van der Waals surface area contributed by atoms with Gasteiger partial charge in [-0.1, -0.05) is 60.7 Å². The quantitative estimate of drug-likeness (QED) is 0.184. The highest BCUT2D eigenvalue weighted by Gasteiger charge is 2.31. The third kappa shape index (κ3) is 9.51. The molecule has 1 unspecified atom stereocenters. The van der Waals surface area contributed by atoms with Crippen molar-refractivity contribution < 1.29 is 39.2 Å². The molecule has 3 rings (SSSR count). The number of aliphatic carboxylic acids is 2. The number of hydrogen-bond donors (Lipinski definition) is 5. The fourth-order valence-electron chi connectivity index (χ4n) is 3.84. The molecule has 0 aliphatic heterocycles. The molecule has 2 amide bonds. The number of benzene rings is 2. The minimum Gasteiger partial charge on any atom is -0.480 e. The summed E-state index contributed by atoms with van der Waals surface area (Å²) < 4.78 is 34.7. The molecule has 216 valence electrons. The summed E-state index contributed by atoms with van der Waals surface area (Å²) in [6, 6.07) is 14.5. The molecule has 0 saturated carbocycles. The van der Waals surface area contributed by atoms with Gasteiger partial charge in [-0.3, -0.25) is 19.4 Å². The summed E-state index contributed by atoms with van der Waals surface area (Å²) in [5.41, 5.74) is 7.41. The van der Waals surface area contributed by atoms with E-state index in [4.69, 9.17) is 12.3 Å². The van der Waals surface area contributed by atoms with E-state index >= 15 is 0 Å². The summed E-state index contributed by atoms with van der Waals surface area (Å²) in [5.74, 6) is -6.61. The molecule has 2 aromatic carbocycles. The van der Waals surface area contributed by atoms with Gasteiger partial charge in [-0.25, -0.2) is 13.2 Å². The van der Waals surface area contributed by atoms with Gasteiger partial charge >= 0.3 is 11.9 Å². The summed E-state index contributed by atoms with van der Waals surface area (Å²) in [6.45, 7) is 0. The lowest BCUT2D eigenvalue weighted by Gasteiger charge is -2.22. The van der Waals surface area contributed by atoms with Crippen LogP contribution in [-0.4, -0.2) is 65.2 Å². The first-order valence-electron chi connectivity index (χ1n) is 12.9. The Labute approximate surface area is 238 Å². The van der Waals surface area contributed by atoms with Crippen molar-refractivity contribution in [1.82, 2.24) is 15.6 Å². The molecule has 3 atom stereocenters. The first-order chi connectivity index (χ1) is 19.9. The van der Waals surface area contributed by atoms with E-state index in [9.17, 15) is 32.7 Å². The van der Waals surface area contributed by atoms with Gasteiger partial charge in [-0.15, -0.1) is 0 Å². The van der Waals surface area contributed by atoms with Crippen LogP contribution in [-0.2, 0) is 34.8 Å². The largest absolute Gasteiger partial charge is 0.480 e. The Hall–Kier alpha value is -4.62. The van der Waals surface area contributed by atoms with Gasteiger partial charge in [0.05, 0.1) is 17.2 Å². The molecule has 0 saturated heterocycles. The molecule has 0 bridgehead atoms. The van der Waals surface area contributed by atoms with Crippen LogP contribution in [0.5, 0.6) is 0 Å². The first-order valence-corrected chi connectivity index (χ1v) is 14.3. The summed E-state index contributed by atoms with van der Waals surface area (Å²) in [4.78, 5) is 53.2. The standard InChI is InChI=1S/C28H30N4O8S/c29-21(27(35)36)13-14-24(33)31-23(26(34)32-25(28(37)38)20-6-2-1-3-7-20)17-41(39,40)16-18-9-11-19(12-10-18)22-8-4-5-15-30-22/h1-12,15,21,23,25H,13-14,16-17,29H2,(H,31,33)(H,32,34)(H,35,36)(H,37,38)/t21-,23-,25?/m0/s1/i/hD. The molecule has 0 spiro atoms. The zero-order valence-electron chi connectivity index (χ0n) is 22.8. The van der Waals surface area contributed by atoms with Crippen molar-refractivity contribution >= 4 is 33.6 Å². The van der Waals surface area contributed by atoms with Crippen molar-refractivity contribution in [3.63, 3.8) is 0 Å². The molecular weight excluding hydrogens is 552 g/mol. The first kappa shape index (κ1) is 29.4. The number of pyridine rings is 1. The van der Waals surface area contributed by atoms with Crippen LogP contribution in [0.25, 0.3) is 11.3 Å². The SMILES string of the molecule is [2H]N(C(=O)CC[C@H](N)C(=O)O)[C@@H](CS(=O)(=O)Cc1ccc(-c2ccccn2)cc1)C(=O)NC(C(=O)O)c1ccccc1. The number of nitrogens with zero attached hydrogens (tertiary/aromatic N) is 1. The fourth-order valence-corrected chi connectivity index (χ4v) is 5.37. The van der Waals surface area contributed by atoms with Crippen LogP contribution in [0.15, 0.2) is 79.0 Å². The summed E-state index contributed by atoms with van der Waals surface area (Å²) >= 11 is 0. The van der Waals surface area contributed by atoms with Crippen LogP contribution < -0.4 is 16.4 Å². The molecule has 3 aromatic rings. The normalized spacial score (nSPS) is 13.7. The van der Waals surface area contributed by atoms with Gasteiger partial charge in [0.2, 0.25) is 11.8 Å². The van der Waals surface area contributed by atoms with Crippen molar-refractivity contribution in [3.05, 3.63) is 90.1 Å². The highest BCUT2D eigenvalue weighted by Crippen LogP contribution is 2.19. The van der Waals surface area contributed by atoms with Crippen LogP contribution in [0, 0.1) is 0 Å². The third-order valence-corrected chi connectivity index (χ3v) is 7.57. The smallest absolute Gasteiger partial charge is 0.330 e. The number of carboxylic acid groups (broad SMARTS) is 2. The topological polar surface area (TPSA) is 206 Å². The van der Waals surface area contributed by atoms with Crippen molar-refractivity contribution in [2.75, 3.05) is 5.75 Å². The highest BCUT2D eigenvalue weighted by atomic mass is 32.2. The van der Waals surface area contributed by atoms with Crippen LogP contribution in [0.3, 0.4) is 0 Å². The van der Waals surface area contributed by atoms with E-state index < -0.39 is 69.6 Å². The monoisotopic (exact) mass is 583 g/mol. The summed E-state index contributed by atoms with van der Waals surface area (Å²) in [5, 5.41) is 21.0. The maximum Gasteiger partial charge on any atom is 0.330 e. The lowest BCUT2D eigenvalue weighted by atomic mass is 10.1. The number of hydrogen-bond acceptors (Lipinski definition) is 8. The molecule has 0 aliphatic rings. The predicted octanol–water partition coefficient (Wildman–Crippen LogP) is 1.28. The second kappa shape index (κ2) is 14.1.